The Morgan fingerprint density at radius 1 is 1.36 bits per heavy atom. The molecule has 1 rings (SSSR count). The summed E-state index contributed by atoms with van der Waals surface area (Å²) in [6.45, 7) is 9.33. The minimum absolute atomic E-state index is 0.109. The van der Waals surface area contributed by atoms with E-state index in [9.17, 15) is 4.79 Å². The molecule has 1 heterocycles. The molecule has 0 aromatic carbocycles. The van der Waals surface area contributed by atoms with Crippen LogP contribution in [0.5, 0.6) is 0 Å². The molecule has 3 heteroatoms. The first-order chi connectivity index (χ1) is 6.45. The number of carbonyl (C=O) groups is 1. The molecule has 1 fully saturated rings. The largest absolute Gasteiger partial charge is 0.339 e. The lowest BCUT2D eigenvalue weighted by atomic mass is 10.2. The van der Waals surface area contributed by atoms with Crippen LogP contribution < -0.4 is 0 Å². The highest BCUT2D eigenvalue weighted by molar-refractivity contribution is 5.84. The van der Waals surface area contributed by atoms with E-state index in [1.54, 1.807) is 0 Å². The van der Waals surface area contributed by atoms with Crippen molar-refractivity contribution in [3.8, 4) is 0 Å². The molecule has 1 atom stereocenters. The van der Waals surface area contributed by atoms with E-state index in [0.717, 1.165) is 13.0 Å². The fraction of sp³-hybridized carbons (Fsp3) is 0.909. The van der Waals surface area contributed by atoms with Gasteiger partial charge in [-0.1, -0.05) is 0 Å². The second-order valence-corrected chi connectivity index (χ2v) is 4.69. The van der Waals surface area contributed by atoms with Crippen LogP contribution in [-0.4, -0.2) is 47.4 Å². The number of likely N-dealkylation sites (tertiary alicyclic amines) is 1. The SMILES string of the molecule is CC(C)N1CCC(N(C)C(C)C)C1=O. The molecule has 82 valence electrons. The van der Waals surface area contributed by atoms with Crippen molar-refractivity contribution < 1.29 is 4.79 Å². The van der Waals surface area contributed by atoms with Gasteiger partial charge < -0.3 is 4.90 Å². The van der Waals surface area contributed by atoms with Crippen molar-refractivity contribution in [3.63, 3.8) is 0 Å². The highest BCUT2D eigenvalue weighted by Crippen LogP contribution is 2.19. The molecule has 14 heavy (non-hydrogen) atoms. The molecule has 1 saturated heterocycles. The van der Waals surface area contributed by atoms with Crippen molar-refractivity contribution in [3.05, 3.63) is 0 Å². The first-order valence-electron chi connectivity index (χ1n) is 5.47. The standard InChI is InChI=1S/C11H22N2O/c1-8(2)12(5)10-6-7-13(9(3)4)11(10)14/h8-10H,6-7H2,1-5H3. The molecule has 1 unspecified atom stereocenters. The maximum Gasteiger partial charge on any atom is 0.240 e. The summed E-state index contributed by atoms with van der Waals surface area (Å²) < 4.78 is 0. The van der Waals surface area contributed by atoms with Gasteiger partial charge in [-0.25, -0.2) is 0 Å². The minimum atomic E-state index is 0.109. The van der Waals surface area contributed by atoms with E-state index in [1.165, 1.54) is 0 Å². The molecule has 3 nitrogen and oxygen atoms in total. The maximum atomic E-state index is 12.0. The number of rotatable bonds is 3. The predicted molar refractivity (Wildman–Crippen MR) is 58.2 cm³/mol. The lowest BCUT2D eigenvalue weighted by Gasteiger charge is -2.28. The lowest BCUT2D eigenvalue weighted by molar-refractivity contribution is -0.133. The van der Waals surface area contributed by atoms with Crippen molar-refractivity contribution in [1.82, 2.24) is 9.80 Å². The van der Waals surface area contributed by atoms with Crippen molar-refractivity contribution >= 4 is 5.91 Å². The summed E-state index contributed by atoms with van der Waals surface area (Å²) in [7, 11) is 2.04. The van der Waals surface area contributed by atoms with E-state index in [2.05, 4.69) is 32.6 Å². The maximum absolute atomic E-state index is 12.0. The quantitative estimate of drug-likeness (QED) is 0.683. The Labute approximate surface area is 87.1 Å². The number of likely N-dealkylation sites (N-methyl/N-ethyl adjacent to an activating group) is 1. The van der Waals surface area contributed by atoms with E-state index in [0.29, 0.717) is 18.0 Å². The topological polar surface area (TPSA) is 23.6 Å². The van der Waals surface area contributed by atoms with Crippen LogP contribution in [0.4, 0.5) is 0 Å². The van der Waals surface area contributed by atoms with Crippen LogP contribution in [0.15, 0.2) is 0 Å². The minimum Gasteiger partial charge on any atom is -0.339 e. The zero-order valence-electron chi connectivity index (χ0n) is 9.95. The van der Waals surface area contributed by atoms with Gasteiger partial charge >= 0.3 is 0 Å². The van der Waals surface area contributed by atoms with Crippen LogP contribution in [0.3, 0.4) is 0 Å². The zero-order valence-corrected chi connectivity index (χ0v) is 9.95. The van der Waals surface area contributed by atoms with Gasteiger partial charge in [0.05, 0.1) is 6.04 Å². The summed E-state index contributed by atoms with van der Waals surface area (Å²) in [4.78, 5) is 16.1. The van der Waals surface area contributed by atoms with Gasteiger partial charge in [0.2, 0.25) is 5.91 Å². The average molecular weight is 198 g/mol. The average Bonchev–Trinajstić information content (AvgIpc) is 2.45. The molecule has 0 N–H and O–H groups in total. The van der Waals surface area contributed by atoms with Gasteiger partial charge in [-0.2, -0.15) is 0 Å². The molecule has 1 aliphatic heterocycles. The van der Waals surface area contributed by atoms with E-state index >= 15 is 0 Å². The molecule has 0 aromatic rings. The van der Waals surface area contributed by atoms with E-state index in [1.807, 2.05) is 11.9 Å². The van der Waals surface area contributed by atoms with Crippen LogP contribution in [0.25, 0.3) is 0 Å². The van der Waals surface area contributed by atoms with Gasteiger partial charge in [0.15, 0.2) is 0 Å². The second kappa shape index (κ2) is 4.30. The number of hydrogen-bond donors (Lipinski definition) is 0. The van der Waals surface area contributed by atoms with Crippen LogP contribution in [-0.2, 0) is 4.79 Å². The summed E-state index contributed by atoms with van der Waals surface area (Å²) in [6.07, 6.45) is 0.978. The molecule has 1 amide bonds. The Morgan fingerprint density at radius 2 is 1.93 bits per heavy atom. The molecule has 0 bridgehead atoms. The van der Waals surface area contributed by atoms with Gasteiger partial charge in [0, 0.05) is 18.6 Å². The van der Waals surface area contributed by atoms with Crippen molar-refractivity contribution in [2.45, 2.75) is 52.2 Å². The number of nitrogens with zero attached hydrogens (tertiary/aromatic N) is 2. The van der Waals surface area contributed by atoms with Gasteiger partial charge in [0.25, 0.3) is 0 Å². The number of carbonyl (C=O) groups excluding carboxylic acids is 1. The molecular weight excluding hydrogens is 176 g/mol. The third-order valence-corrected chi connectivity index (χ3v) is 3.14. The zero-order chi connectivity index (χ0) is 10.9. The summed E-state index contributed by atoms with van der Waals surface area (Å²) in [5.41, 5.74) is 0. The van der Waals surface area contributed by atoms with Gasteiger partial charge in [0.1, 0.15) is 0 Å². The molecule has 1 aliphatic rings. The lowest BCUT2D eigenvalue weighted by Crippen LogP contribution is -2.44. The first kappa shape index (κ1) is 11.5. The van der Waals surface area contributed by atoms with E-state index < -0.39 is 0 Å². The van der Waals surface area contributed by atoms with Crippen LogP contribution >= 0.6 is 0 Å². The fourth-order valence-corrected chi connectivity index (χ4v) is 1.94. The second-order valence-electron chi connectivity index (χ2n) is 4.69. The van der Waals surface area contributed by atoms with Crippen molar-refractivity contribution in [1.29, 1.82) is 0 Å². The Kier molecular flexibility index (Phi) is 3.53. The summed E-state index contributed by atoms with van der Waals surface area (Å²) >= 11 is 0. The molecule has 0 saturated carbocycles. The Bertz CT molecular complexity index is 213. The summed E-state index contributed by atoms with van der Waals surface area (Å²) in [5.74, 6) is 0.302. The molecular formula is C11H22N2O. The predicted octanol–water partition coefficient (Wildman–Crippen LogP) is 1.34. The highest BCUT2D eigenvalue weighted by atomic mass is 16.2. The molecule has 0 aliphatic carbocycles. The van der Waals surface area contributed by atoms with Crippen molar-refractivity contribution in [2.75, 3.05) is 13.6 Å². The monoisotopic (exact) mass is 198 g/mol. The normalized spacial score (nSPS) is 23.3. The molecule has 0 spiro atoms. The Hall–Kier alpha value is -0.570. The third kappa shape index (κ3) is 2.08. The van der Waals surface area contributed by atoms with E-state index in [4.69, 9.17) is 0 Å². The Morgan fingerprint density at radius 3 is 2.29 bits per heavy atom. The van der Waals surface area contributed by atoms with Crippen LogP contribution in [0.1, 0.15) is 34.1 Å². The number of amides is 1. The first-order valence-corrected chi connectivity index (χ1v) is 5.47. The van der Waals surface area contributed by atoms with Gasteiger partial charge in [-0.15, -0.1) is 0 Å². The smallest absolute Gasteiger partial charge is 0.240 e. The highest BCUT2D eigenvalue weighted by Gasteiger charge is 2.36. The fourth-order valence-electron chi connectivity index (χ4n) is 1.94. The van der Waals surface area contributed by atoms with Crippen LogP contribution in [0.2, 0.25) is 0 Å². The summed E-state index contributed by atoms with van der Waals surface area (Å²) in [6, 6.07) is 0.890. The Balaban J connectivity index is 2.64. The van der Waals surface area contributed by atoms with Crippen molar-refractivity contribution in [2.24, 2.45) is 0 Å². The number of hydrogen-bond acceptors (Lipinski definition) is 2. The van der Waals surface area contributed by atoms with Gasteiger partial charge in [-0.3, -0.25) is 9.69 Å². The van der Waals surface area contributed by atoms with Gasteiger partial charge in [-0.05, 0) is 41.2 Å². The van der Waals surface area contributed by atoms with Crippen LogP contribution in [0, 0.1) is 0 Å². The third-order valence-electron chi connectivity index (χ3n) is 3.14. The molecule has 0 aromatic heterocycles. The van der Waals surface area contributed by atoms with E-state index in [-0.39, 0.29) is 6.04 Å². The summed E-state index contributed by atoms with van der Waals surface area (Å²) in [5, 5.41) is 0. The molecule has 0 radical (unpaired) electrons.